The van der Waals surface area contributed by atoms with E-state index in [-0.39, 0.29) is 18.0 Å². The highest BCUT2D eigenvalue weighted by Gasteiger charge is 2.31. The minimum Gasteiger partial charge on any atom is -0.466 e. The Morgan fingerprint density at radius 1 is 1.03 bits per heavy atom. The number of carbonyl (C=O) groups excluding carboxylic acids is 1. The third-order valence-corrected chi connectivity index (χ3v) is 6.61. The van der Waals surface area contributed by atoms with Gasteiger partial charge in [-0.25, -0.2) is 0 Å². The lowest BCUT2D eigenvalue weighted by Crippen LogP contribution is -2.28. The maximum absolute atomic E-state index is 11.4. The van der Waals surface area contributed by atoms with E-state index in [1.54, 1.807) is 0 Å². The third kappa shape index (κ3) is 10.9. The van der Waals surface area contributed by atoms with Crippen LogP contribution in [-0.4, -0.2) is 34.5 Å². The second-order valence-electron chi connectivity index (χ2n) is 9.24. The highest BCUT2D eigenvalue weighted by atomic mass is 16.5. The van der Waals surface area contributed by atoms with Gasteiger partial charge in [-0.05, 0) is 51.9 Å². The maximum atomic E-state index is 11.4. The fraction of sp³-hybridized carbons (Fsp3) is 0.885. The van der Waals surface area contributed by atoms with Gasteiger partial charge < -0.3 is 14.9 Å². The highest BCUT2D eigenvalue weighted by Crippen LogP contribution is 2.37. The van der Waals surface area contributed by atoms with E-state index in [1.807, 2.05) is 6.92 Å². The Morgan fingerprint density at radius 3 is 2.43 bits per heavy atom. The van der Waals surface area contributed by atoms with Crippen molar-refractivity contribution in [3.05, 3.63) is 11.6 Å². The second kappa shape index (κ2) is 15.9. The van der Waals surface area contributed by atoms with Crippen LogP contribution in [0.4, 0.5) is 0 Å². The molecule has 1 unspecified atom stereocenters. The number of aliphatic hydroxyl groups excluding tert-OH is 1. The van der Waals surface area contributed by atoms with Crippen LogP contribution in [0, 0.1) is 5.92 Å². The summed E-state index contributed by atoms with van der Waals surface area (Å²) in [5.41, 5.74) is 0.781. The molecule has 0 aromatic rings. The van der Waals surface area contributed by atoms with Crippen molar-refractivity contribution >= 4 is 5.97 Å². The van der Waals surface area contributed by atoms with Gasteiger partial charge in [-0.1, -0.05) is 76.9 Å². The Bertz CT molecular complexity index is 487. The number of hydrogen-bond acceptors (Lipinski definition) is 4. The molecule has 30 heavy (non-hydrogen) atoms. The number of carbonyl (C=O) groups is 1. The minimum absolute atomic E-state index is 0.0940. The van der Waals surface area contributed by atoms with Crippen LogP contribution in [0.15, 0.2) is 11.6 Å². The van der Waals surface area contributed by atoms with E-state index in [2.05, 4.69) is 19.9 Å². The van der Waals surface area contributed by atoms with Crippen LogP contribution in [0.3, 0.4) is 0 Å². The predicted molar refractivity (Wildman–Crippen MR) is 124 cm³/mol. The maximum Gasteiger partial charge on any atom is 0.305 e. The summed E-state index contributed by atoms with van der Waals surface area (Å²) in [6, 6.07) is 0. The first-order valence-electron chi connectivity index (χ1n) is 12.7. The van der Waals surface area contributed by atoms with Gasteiger partial charge in [-0.2, -0.15) is 0 Å². The van der Waals surface area contributed by atoms with E-state index in [0.717, 1.165) is 83.5 Å². The molecular weight excluding hydrogens is 376 g/mol. The van der Waals surface area contributed by atoms with Crippen LogP contribution >= 0.6 is 0 Å². The van der Waals surface area contributed by atoms with E-state index < -0.39 is 5.60 Å². The molecule has 1 saturated carbocycles. The summed E-state index contributed by atoms with van der Waals surface area (Å²) in [4.78, 5) is 11.4. The first-order valence-corrected chi connectivity index (χ1v) is 12.7. The number of rotatable bonds is 17. The Hall–Kier alpha value is -0.870. The molecule has 0 spiro atoms. The van der Waals surface area contributed by atoms with Gasteiger partial charge in [-0.3, -0.25) is 4.79 Å². The van der Waals surface area contributed by atoms with E-state index in [9.17, 15) is 15.0 Å². The van der Waals surface area contributed by atoms with E-state index in [0.29, 0.717) is 13.0 Å². The van der Waals surface area contributed by atoms with Crippen molar-refractivity contribution in [1.29, 1.82) is 0 Å². The van der Waals surface area contributed by atoms with Crippen LogP contribution in [0.2, 0.25) is 0 Å². The van der Waals surface area contributed by atoms with Crippen molar-refractivity contribution in [3.63, 3.8) is 0 Å². The summed E-state index contributed by atoms with van der Waals surface area (Å²) < 4.78 is 4.97. The van der Waals surface area contributed by atoms with Gasteiger partial charge in [0, 0.05) is 12.3 Å². The minimum atomic E-state index is -0.580. The second-order valence-corrected chi connectivity index (χ2v) is 9.24. The van der Waals surface area contributed by atoms with Crippen LogP contribution in [0.1, 0.15) is 124 Å². The Balaban J connectivity index is 2.47. The van der Waals surface area contributed by atoms with Crippen molar-refractivity contribution < 1.29 is 19.7 Å². The molecule has 0 saturated heterocycles. The largest absolute Gasteiger partial charge is 0.466 e. The van der Waals surface area contributed by atoms with Gasteiger partial charge in [0.05, 0.1) is 18.3 Å². The molecule has 0 aromatic heterocycles. The fourth-order valence-electron chi connectivity index (χ4n) is 4.66. The molecule has 176 valence electrons. The summed E-state index contributed by atoms with van der Waals surface area (Å²) in [5, 5.41) is 21.7. The number of unbranched alkanes of at least 4 members (excludes halogenated alkanes) is 6. The van der Waals surface area contributed by atoms with Crippen LogP contribution in [0.5, 0.6) is 0 Å². The third-order valence-electron chi connectivity index (χ3n) is 6.61. The van der Waals surface area contributed by atoms with Crippen molar-refractivity contribution in [1.82, 2.24) is 0 Å². The van der Waals surface area contributed by atoms with Crippen LogP contribution < -0.4 is 0 Å². The van der Waals surface area contributed by atoms with Crippen molar-refractivity contribution in [2.24, 2.45) is 5.92 Å². The molecule has 0 amide bonds. The molecule has 0 aromatic carbocycles. The molecule has 4 heteroatoms. The molecule has 3 atom stereocenters. The Labute approximate surface area is 185 Å². The van der Waals surface area contributed by atoms with Crippen molar-refractivity contribution in [2.75, 3.05) is 6.61 Å². The molecule has 0 aliphatic heterocycles. The van der Waals surface area contributed by atoms with E-state index in [1.165, 1.54) is 18.4 Å². The van der Waals surface area contributed by atoms with Gasteiger partial charge in [0.2, 0.25) is 0 Å². The van der Waals surface area contributed by atoms with Crippen molar-refractivity contribution in [2.45, 2.75) is 135 Å². The number of esters is 1. The summed E-state index contributed by atoms with van der Waals surface area (Å²) in [7, 11) is 0. The molecule has 0 bridgehead atoms. The lowest BCUT2D eigenvalue weighted by Gasteiger charge is -2.28. The monoisotopic (exact) mass is 424 g/mol. The summed E-state index contributed by atoms with van der Waals surface area (Å²) in [5.74, 6) is 0.157. The molecule has 1 fully saturated rings. The SMILES string of the molecule is CCCCCC(O)(CC=C1CC[C@@H](O)[C@@H]1CCCCCCC(=O)OCC)CCCC. The molecule has 1 rings (SSSR count). The average molecular weight is 425 g/mol. The topological polar surface area (TPSA) is 66.8 Å². The quantitative estimate of drug-likeness (QED) is 0.159. The van der Waals surface area contributed by atoms with Gasteiger partial charge in [0.25, 0.3) is 0 Å². The highest BCUT2D eigenvalue weighted by molar-refractivity contribution is 5.69. The molecule has 4 nitrogen and oxygen atoms in total. The molecule has 2 N–H and O–H groups in total. The molecule has 0 heterocycles. The fourth-order valence-corrected chi connectivity index (χ4v) is 4.66. The zero-order valence-electron chi connectivity index (χ0n) is 20.0. The van der Waals surface area contributed by atoms with Crippen molar-refractivity contribution in [3.8, 4) is 0 Å². The smallest absolute Gasteiger partial charge is 0.305 e. The summed E-state index contributed by atoms with van der Waals surface area (Å²) >= 11 is 0. The lowest BCUT2D eigenvalue weighted by atomic mass is 9.85. The van der Waals surface area contributed by atoms with Gasteiger partial charge >= 0.3 is 5.97 Å². The molecular formula is C26H48O4. The Morgan fingerprint density at radius 2 is 1.73 bits per heavy atom. The summed E-state index contributed by atoms with van der Waals surface area (Å²) in [6.45, 7) is 6.68. The predicted octanol–water partition coefficient (Wildman–Crippen LogP) is 6.48. The van der Waals surface area contributed by atoms with Gasteiger partial charge in [0.1, 0.15) is 0 Å². The zero-order chi connectivity index (χ0) is 22.2. The average Bonchev–Trinajstić information content (AvgIpc) is 3.07. The number of hydrogen-bond donors (Lipinski definition) is 2. The summed E-state index contributed by atoms with van der Waals surface area (Å²) in [6.07, 6.45) is 17.6. The van der Waals surface area contributed by atoms with Crippen LogP contribution in [0.25, 0.3) is 0 Å². The van der Waals surface area contributed by atoms with E-state index >= 15 is 0 Å². The van der Waals surface area contributed by atoms with E-state index in [4.69, 9.17) is 4.74 Å². The molecule has 1 aliphatic rings. The standard InChI is InChI=1S/C26H48O4/c1-4-7-13-20-26(29,19-8-5-2)21-18-22-16-17-24(27)23(22)14-11-9-10-12-15-25(28)30-6-3/h18,23-24,27,29H,4-17,19-21H2,1-3H3/t23-,24-,26?/m1/s1. The van der Waals surface area contributed by atoms with Gasteiger partial charge in [0.15, 0.2) is 0 Å². The Kier molecular flexibility index (Phi) is 14.4. The first kappa shape index (κ1) is 27.2. The lowest BCUT2D eigenvalue weighted by molar-refractivity contribution is -0.143. The molecule has 1 aliphatic carbocycles. The first-order chi connectivity index (χ1) is 14.5. The number of ether oxygens (including phenoxy) is 1. The van der Waals surface area contributed by atoms with Gasteiger partial charge in [-0.15, -0.1) is 0 Å². The normalized spacial score (nSPS) is 22.4. The number of aliphatic hydroxyl groups is 2. The van der Waals surface area contributed by atoms with Crippen LogP contribution in [-0.2, 0) is 9.53 Å². The molecule has 0 radical (unpaired) electrons. The zero-order valence-corrected chi connectivity index (χ0v) is 20.0.